The van der Waals surface area contributed by atoms with E-state index in [1.165, 1.54) is 0 Å². The molecular formula is C12H13Cl2NO. The summed E-state index contributed by atoms with van der Waals surface area (Å²) in [5, 5.41) is 4.02. The lowest BCUT2D eigenvalue weighted by Crippen LogP contribution is -2.27. The Morgan fingerprint density at radius 1 is 1.38 bits per heavy atom. The van der Waals surface area contributed by atoms with E-state index in [9.17, 15) is 4.79 Å². The third-order valence-corrected chi connectivity index (χ3v) is 3.49. The Kier molecular flexibility index (Phi) is 3.41. The first-order chi connectivity index (χ1) is 7.58. The van der Waals surface area contributed by atoms with Crippen molar-refractivity contribution in [1.82, 2.24) is 5.32 Å². The largest absolute Gasteiger partial charge is 0.349 e. The van der Waals surface area contributed by atoms with Gasteiger partial charge in [0.2, 0.25) is 5.91 Å². The van der Waals surface area contributed by atoms with Crippen molar-refractivity contribution in [3.8, 4) is 0 Å². The van der Waals surface area contributed by atoms with Gasteiger partial charge in [-0.05, 0) is 37.5 Å². The van der Waals surface area contributed by atoms with Crippen LogP contribution in [0.1, 0.15) is 31.4 Å². The number of nitrogens with one attached hydrogen (secondary N) is 1. The highest BCUT2D eigenvalue weighted by molar-refractivity contribution is 6.42. The summed E-state index contributed by atoms with van der Waals surface area (Å²) < 4.78 is 0. The molecule has 0 aromatic heterocycles. The lowest BCUT2D eigenvalue weighted by molar-refractivity contribution is -0.122. The maximum absolute atomic E-state index is 11.6. The van der Waals surface area contributed by atoms with Crippen LogP contribution in [0.3, 0.4) is 0 Å². The minimum Gasteiger partial charge on any atom is -0.349 e. The molecule has 1 aliphatic carbocycles. The number of amides is 1. The van der Waals surface area contributed by atoms with E-state index in [1.807, 2.05) is 13.0 Å². The van der Waals surface area contributed by atoms with Crippen LogP contribution in [0.5, 0.6) is 0 Å². The van der Waals surface area contributed by atoms with Gasteiger partial charge >= 0.3 is 0 Å². The molecule has 16 heavy (non-hydrogen) atoms. The van der Waals surface area contributed by atoms with Crippen LogP contribution in [-0.4, -0.2) is 5.91 Å². The molecule has 1 saturated carbocycles. The molecule has 0 spiro atoms. The lowest BCUT2D eigenvalue weighted by atomic mass is 10.1. The van der Waals surface area contributed by atoms with Gasteiger partial charge in [0.25, 0.3) is 0 Å². The van der Waals surface area contributed by atoms with Crippen LogP contribution < -0.4 is 5.32 Å². The number of rotatable bonds is 3. The van der Waals surface area contributed by atoms with Crippen molar-refractivity contribution < 1.29 is 4.79 Å². The zero-order valence-electron chi connectivity index (χ0n) is 8.97. The van der Waals surface area contributed by atoms with Crippen LogP contribution in [0.4, 0.5) is 0 Å². The number of carbonyl (C=O) groups excluding carboxylic acids is 1. The molecule has 2 nitrogen and oxygen atoms in total. The monoisotopic (exact) mass is 257 g/mol. The summed E-state index contributed by atoms with van der Waals surface area (Å²) in [6.07, 6.45) is 2.03. The SMILES string of the molecule is CC(NC(=O)C1CC1)c1ccc(Cl)c(Cl)c1. The van der Waals surface area contributed by atoms with E-state index in [4.69, 9.17) is 23.2 Å². The predicted molar refractivity (Wildman–Crippen MR) is 65.7 cm³/mol. The van der Waals surface area contributed by atoms with Gasteiger partial charge in [0.05, 0.1) is 16.1 Å². The first kappa shape index (κ1) is 11.7. The molecule has 1 unspecified atom stereocenters. The second kappa shape index (κ2) is 4.64. The molecule has 86 valence electrons. The Balaban J connectivity index is 2.04. The fourth-order valence-electron chi connectivity index (χ4n) is 1.54. The standard InChI is InChI=1S/C12H13Cl2NO/c1-7(15-12(16)8-2-3-8)9-4-5-10(13)11(14)6-9/h4-8H,2-3H2,1H3,(H,15,16). The molecule has 4 heteroatoms. The van der Waals surface area contributed by atoms with Crippen LogP contribution in [0.25, 0.3) is 0 Å². The van der Waals surface area contributed by atoms with Gasteiger partial charge < -0.3 is 5.32 Å². The van der Waals surface area contributed by atoms with Gasteiger partial charge in [-0.1, -0.05) is 29.3 Å². The fourth-order valence-corrected chi connectivity index (χ4v) is 1.85. The summed E-state index contributed by atoms with van der Waals surface area (Å²) in [4.78, 5) is 11.6. The number of hydrogen-bond donors (Lipinski definition) is 1. The summed E-state index contributed by atoms with van der Waals surface area (Å²) in [6, 6.07) is 5.40. The average Bonchev–Trinajstić information content (AvgIpc) is 3.05. The fraction of sp³-hybridized carbons (Fsp3) is 0.417. The van der Waals surface area contributed by atoms with Crippen LogP contribution in [0.15, 0.2) is 18.2 Å². The van der Waals surface area contributed by atoms with Crippen LogP contribution >= 0.6 is 23.2 Å². The number of hydrogen-bond acceptors (Lipinski definition) is 1. The van der Waals surface area contributed by atoms with Crippen molar-refractivity contribution in [2.24, 2.45) is 5.92 Å². The van der Waals surface area contributed by atoms with Crippen LogP contribution in [0.2, 0.25) is 10.0 Å². The minimum absolute atomic E-state index is 0.0251. The van der Waals surface area contributed by atoms with Gasteiger partial charge in [0, 0.05) is 5.92 Å². The topological polar surface area (TPSA) is 29.1 Å². The molecule has 0 bridgehead atoms. The van der Waals surface area contributed by atoms with Crippen molar-refractivity contribution in [2.45, 2.75) is 25.8 Å². The van der Waals surface area contributed by atoms with Crippen LogP contribution in [-0.2, 0) is 4.79 Å². The molecule has 1 atom stereocenters. The second-order valence-electron chi connectivity index (χ2n) is 4.18. The molecule has 1 aromatic carbocycles. The molecule has 0 aliphatic heterocycles. The first-order valence-electron chi connectivity index (χ1n) is 5.33. The summed E-state index contributed by atoms with van der Waals surface area (Å²) in [7, 11) is 0. The average molecular weight is 258 g/mol. The van der Waals surface area contributed by atoms with E-state index < -0.39 is 0 Å². The van der Waals surface area contributed by atoms with Crippen LogP contribution in [0, 0.1) is 5.92 Å². The molecule has 1 aromatic rings. The van der Waals surface area contributed by atoms with E-state index in [0.717, 1.165) is 18.4 Å². The van der Waals surface area contributed by atoms with Gasteiger partial charge in [-0.15, -0.1) is 0 Å². The van der Waals surface area contributed by atoms with Crippen molar-refractivity contribution in [3.63, 3.8) is 0 Å². The van der Waals surface area contributed by atoms with Gasteiger partial charge in [-0.25, -0.2) is 0 Å². The highest BCUT2D eigenvalue weighted by Gasteiger charge is 2.30. The Morgan fingerprint density at radius 3 is 2.62 bits per heavy atom. The molecule has 0 heterocycles. The molecule has 0 radical (unpaired) electrons. The minimum atomic E-state index is -0.0251. The van der Waals surface area contributed by atoms with Crippen molar-refractivity contribution in [2.75, 3.05) is 0 Å². The molecule has 1 aliphatic rings. The Bertz CT molecular complexity index is 415. The second-order valence-corrected chi connectivity index (χ2v) is 4.99. The van der Waals surface area contributed by atoms with E-state index in [-0.39, 0.29) is 17.9 Å². The summed E-state index contributed by atoms with van der Waals surface area (Å²) >= 11 is 11.8. The van der Waals surface area contributed by atoms with E-state index in [2.05, 4.69) is 5.32 Å². The third kappa shape index (κ3) is 2.69. The summed E-state index contributed by atoms with van der Waals surface area (Å²) in [5.41, 5.74) is 0.975. The first-order valence-corrected chi connectivity index (χ1v) is 6.09. The van der Waals surface area contributed by atoms with Crippen molar-refractivity contribution in [1.29, 1.82) is 0 Å². The molecule has 1 N–H and O–H groups in total. The van der Waals surface area contributed by atoms with E-state index >= 15 is 0 Å². The van der Waals surface area contributed by atoms with E-state index in [1.54, 1.807) is 12.1 Å². The maximum Gasteiger partial charge on any atom is 0.223 e. The Labute approximate surface area is 105 Å². The predicted octanol–water partition coefficient (Wildman–Crippen LogP) is 3.58. The van der Waals surface area contributed by atoms with Crippen molar-refractivity contribution >= 4 is 29.1 Å². The van der Waals surface area contributed by atoms with E-state index in [0.29, 0.717) is 10.0 Å². The Hall–Kier alpha value is -0.730. The zero-order chi connectivity index (χ0) is 11.7. The quantitative estimate of drug-likeness (QED) is 0.882. The third-order valence-electron chi connectivity index (χ3n) is 2.75. The lowest BCUT2D eigenvalue weighted by Gasteiger charge is -2.14. The maximum atomic E-state index is 11.6. The highest BCUT2D eigenvalue weighted by Crippen LogP contribution is 2.30. The molecule has 2 rings (SSSR count). The highest BCUT2D eigenvalue weighted by atomic mass is 35.5. The zero-order valence-corrected chi connectivity index (χ0v) is 10.5. The molecule has 0 saturated heterocycles. The van der Waals surface area contributed by atoms with Gasteiger partial charge in [-0.2, -0.15) is 0 Å². The van der Waals surface area contributed by atoms with Gasteiger partial charge in [-0.3, -0.25) is 4.79 Å². The van der Waals surface area contributed by atoms with Gasteiger partial charge in [0.15, 0.2) is 0 Å². The van der Waals surface area contributed by atoms with Gasteiger partial charge in [0.1, 0.15) is 0 Å². The smallest absolute Gasteiger partial charge is 0.223 e. The van der Waals surface area contributed by atoms with Crippen molar-refractivity contribution in [3.05, 3.63) is 33.8 Å². The normalized spacial score (nSPS) is 16.9. The number of carbonyl (C=O) groups is 1. The molecule has 1 fully saturated rings. The summed E-state index contributed by atoms with van der Waals surface area (Å²) in [6.45, 7) is 1.94. The molecule has 1 amide bonds. The molecular weight excluding hydrogens is 245 g/mol. The Morgan fingerprint density at radius 2 is 2.06 bits per heavy atom. The number of halogens is 2. The number of benzene rings is 1. The summed E-state index contributed by atoms with van der Waals surface area (Å²) in [5.74, 6) is 0.365.